The molecule has 0 saturated carbocycles. The Morgan fingerprint density at radius 1 is 0.800 bits per heavy atom. The predicted molar refractivity (Wildman–Crippen MR) is 103 cm³/mol. The lowest BCUT2D eigenvalue weighted by Crippen LogP contribution is -2.34. The van der Waals surface area contributed by atoms with Crippen LogP contribution in [0.25, 0.3) is 0 Å². The van der Waals surface area contributed by atoms with E-state index in [1.54, 1.807) is 24.3 Å². The molecule has 0 heterocycles. The van der Waals surface area contributed by atoms with Gasteiger partial charge in [0.25, 0.3) is 5.91 Å². The maximum Gasteiger partial charge on any atom is 0.257 e. The van der Waals surface area contributed by atoms with Crippen LogP contribution < -0.4 is 15.4 Å². The monoisotopic (exact) mass is 348 g/mol. The number of thiocarbonyl (C=S) groups is 1. The van der Waals surface area contributed by atoms with Crippen LogP contribution in [0.4, 0.5) is 5.69 Å². The average molecular weight is 348 g/mol. The normalized spacial score (nSPS) is 9.92. The molecule has 2 N–H and O–H groups in total. The minimum absolute atomic E-state index is 0.228. The number of ether oxygens (including phenoxy) is 1. The van der Waals surface area contributed by atoms with Crippen molar-refractivity contribution in [1.82, 2.24) is 5.32 Å². The molecule has 25 heavy (non-hydrogen) atoms. The van der Waals surface area contributed by atoms with Gasteiger partial charge in [0.2, 0.25) is 0 Å². The number of amides is 1. The fraction of sp³-hybridized carbons (Fsp3) is 0. The molecule has 0 spiro atoms. The van der Waals surface area contributed by atoms with Gasteiger partial charge in [0.15, 0.2) is 5.11 Å². The predicted octanol–water partition coefficient (Wildman–Crippen LogP) is 4.61. The van der Waals surface area contributed by atoms with E-state index < -0.39 is 0 Å². The summed E-state index contributed by atoms with van der Waals surface area (Å²) in [6.07, 6.45) is 0. The lowest BCUT2D eigenvalue weighted by atomic mass is 10.2. The van der Waals surface area contributed by atoms with Gasteiger partial charge in [0.05, 0.1) is 0 Å². The Balaban J connectivity index is 1.62. The summed E-state index contributed by atoms with van der Waals surface area (Å²) in [5.74, 6) is 1.17. The van der Waals surface area contributed by atoms with E-state index in [4.69, 9.17) is 17.0 Å². The van der Waals surface area contributed by atoms with Crippen molar-refractivity contribution in [3.05, 3.63) is 90.5 Å². The second-order valence-corrected chi connectivity index (χ2v) is 5.63. The molecule has 0 saturated heterocycles. The van der Waals surface area contributed by atoms with E-state index in [9.17, 15) is 4.79 Å². The molecule has 0 aliphatic carbocycles. The zero-order valence-corrected chi connectivity index (χ0v) is 14.1. The highest BCUT2D eigenvalue weighted by molar-refractivity contribution is 7.80. The van der Waals surface area contributed by atoms with Crippen LogP contribution in [0, 0.1) is 0 Å². The van der Waals surface area contributed by atoms with Crippen molar-refractivity contribution in [3.8, 4) is 11.5 Å². The fourth-order valence-corrected chi connectivity index (χ4v) is 2.40. The Hall–Kier alpha value is -3.18. The van der Waals surface area contributed by atoms with E-state index in [1.807, 2.05) is 60.7 Å². The zero-order chi connectivity index (χ0) is 17.5. The Kier molecular flexibility index (Phi) is 5.39. The number of hydrogen-bond donors (Lipinski definition) is 2. The van der Waals surface area contributed by atoms with Crippen LogP contribution in [-0.4, -0.2) is 11.0 Å². The van der Waals surface area contributed by atoms with E-state index >= 15 is 0 Å². The standard InChI is InChI=1S/C20H16N2O2S/c23-19(15-8-3-1-4-9-15)22-20(25)21-16-10-7-13-18(14-16)24-17-11-5-2-6-12-17/h1-14H,(H2,21,22,23,25). The van der Waals surface area contributed by atoms with E-state index in [0.717, 1.165) is 11.4 Å². The third-order valence-electron chi connectivity index (χ3n) is 3.33. The van der Waals surface area contributed by atoms with Crippen molar-refractivity contribution >= 4 is 28.9 Å². The van der Waals surface area contributed by atoms with Gasteiger partial charge in [-0.2, -0.15) is 0 Å². The van der Waals surface area contributed by atoms with Crippen LogP contribution in [0.15, 0.2) is 84.9 Å². The zero-order valence-electron chi connectivity index (χ0n) is 13.3. The quantitative estimate of drug-likeness (QED) is 0.676. The molecule has 0 fully saturated rings. The molecule has 0 radical (unpaired) electrons. The summed E-state index contributed by atoms with van der Waals surface area (Å²) < 4.78 is 5.78. The molecular weight excluding hydrogens is 332 g/mol. The van der Waals surface area contributed by atoms with Gasteiger partial charge in [-0.15, -0.1) is 0 Å². The maximum absolute atomic E-state index is 12.1. The highest BCUT2D eigenvalue weighted by Crippen LogP contribution is 2.23. The van der Waals surface area contributed by atoms with Crippen LogP contribution >= 0.6 is 12.2 Å². The van der Waals surface area contributed by atoms with Gasteiger partial charge < -0.3 is 10.1 Å². The van der Waals surface area contributed by atoms with Gasteiger partial charge in [0, 0.05) is 17.3 Å². The van der Waals surface area contributed by atoms with Crippen LogP contribution in [0.2, 0.25) is 0 Å². The number of carbonyl (C=O) groups is 1. The first kappa shape index (κ1) is 16.7. The number of nitrogens with one attached hydrogen (secondary N) is 2. The van der Waals surface area contributed by atoms with E-state index in [1.165, 1.54) is 0 Å². The molecule has 0 aromatic heterocycles. The summed E-state index contributed by atoms with van der Waals surface area (Å²) in [5.41, 5.74) is 1.28. The van der Waals surface area contributed by atoms with E-state index in [-0.39, 0.29) is 11.0 Å². The lowest BCUT2D eigenvalue weighted by molar-refractivity contribution is 0.0977. The Bertz CT molecular complexity index is 867. The topological polar surface area (TPSA) is 50.4 Å². The largest absolute Gasteiger partial charge is 0.457 e. The Labute approximate surface area is 151 Å². The first-order valence-corrected chi connectivity index (χ1v) is 8.12. The summed E-state index contributed by atoms with van der Waals surface area (Å²) in [5, 5.41) is 5.87. The molecule has 3 aromatic carbocycles. The fourth-order valence-electron chi connectivity index (χ4n) is 2.19. The second-order valence-electron chi connectivity index (χ2n) is 5.22. The summed E-state index contributed by atoms with van der Waals surface area (Å²) >= 11 is 5.20. The molecule has 3 rings (SSSR count). The maximum atomic E-state index is 12.1. The minimum Gasteiger partial charge on any atom is -0.457 e. The molecule has 0 bridgehead atoms. The van der Waals surface area contributed by atoms with Crippen LogP contribution in [-0.2, 0) is 0 Å². The molecule has 124 valence electrons. The van der Waals surface area contributed by atoms with Crippen molar-refractivity contribution in [2.75, 3.05) is 5.32 Å². The third kappa shape index (κ3) is 4.89. The van der Waals surface area contributed by atoms with Crippen LogP contribution in [0.3, 0.4) is 0 Å². The van der Waals surface area contributed by atoms with Gasteiger partial charge in [-0.25, -0.2) is 0 Å². The van der Waals surface area contributed by atoms with Crippen molar-refractivity contribution < 1.29 is 9.53 Å². The van der Waals surface area contributed by atoms with Crippen molar-refractivity contribution in [3.63, 3.8) is 0 Å². The molecule has 5 heteroatoms. The number of rotatable bonds is 4. The van der Waals surface area contributed by atoms with Gasteiger partial charge in [-0.3, -0.25) is 10.1 Å². The number of anilines is 1. The summed E-state index contributed by atoms with van der Waals surface area (Å²) in [4.78, 5) is 12.1. The number of benzene rings is 3. The highest BCUT2D eigenvalue weighted by Gasteiger charge is 2.07. The first-order valence-electron chi connectivity index (χ1n) is 7.71. The SMILES string of the molecule is O=C(NC(=S)Nc1cccc(Oc2ccccc2)c1)c1ccccc1. The van der Waals surface area contributed by atoms with Gasteiger partial charge >= 0.3 is 0 Å². The van der Waals surface area contributed by atoms with E-state index in [2.05, 4.69) is 10.6 Å². The molecule has 4 nitrogen and oxygen atoms in total. The van der Waals surface area contributed by atoms with Crippen molar-refractivity contribution in [2.45, 2.75) is 0 Å². The van der Waals surface area contributed by atoms with Crippen molar-refractivity contribution in [1.29, 1.82) is 0 Å². The molecule has 0 atom stereocenters. The summed E-state index contributed by atoms with van der Waals surface area (Å²) in [6.45, 7) is 0. The molecule has 0 aliphatic rings. The van der Waals surface area contributed by atoms with Gasteiger partial charge in [-0.05, 0) is 48.6 Å². The average Bonchev–Trinajstić information content (AvgIpc) is 2.63. The number of para-hydroxylation sites is 1. The molecule has 0 aliphatic heterocycles. The molecule has 0 unspecified atom stereocenters. The van der Waals surface area contributed by atoms with Crippen LogP contribution in [0.5, 0.6) is 11.5 Å². The summed E-state index contributed by atoms with van der Waals surface area (Å²) in [7, 11) is 0. The molecule has 3 aromatic rings. The van der Waals surface area contributed by atoms with Gasteiger partial charge in [-0.1, -0.05) is 42.5 Å². The first-order chi connectivity index (χ1) is 12.2. The molecule has 1 amide bonds. The minimum atomic E-state index is -0.255. The summed E-state index contributed by atoms with van der Waals surface area (Å²) in [6, 6.07) is 25.8. The van der Waals surface area contributed by atoms with Crippen LogP contribution in [0.1, 0.15) is 10.4 Å². The smallest absolute Gasteiger partial charge is 0.257 e. The van der Waals surface area contributed by atoms with Gasteiger partial charge in [0.1, 0.15) is 11.5 Å². The lowest BCUT2D eigenvalue weighted by Gasteiger charge is -2.11. The number of hydrogen-bond acceptors (Lipinski definition) is 3. The van der Waals surface area contributed by atoms with E-state index in [0.29, 0.717) is 11.3 Å². The molecular formula is C20H16N2O2S. The number of carbonyl (C=O) groups excluding carboxylic acids is 1. The second kappa shape index (κ2) is 8.08. The highest BCUT2D eigenvalue weighted by atomic mass is 32.1. The third-order valence-corrected chi connectivity index (χ3v) is 3.54. The Morgan fingerprint density at radius 2 is 1.44 bits per heavy atom. The Morgan fingerprint density at radius 3 is 2.16 bits per heavy atom. The van der Waals surface area contributed by atoms with Crippen molar-refractivity contribution in [2.24, 2.45) is 0 Å².